The molecule has 2 aromatic carbocycles. The van der Waals surface area contributed by atoms with Crippen molar-refractivity contribution in [3.8, 4) is 5.75 Å². The Morgan fingerprint density at radius 2 is 2.10 bits per heavy atom. The molecule has 0 amide bonds. The van der Waals surface area contributed by atoms with Gasteiger partial charge in [-0.25, -0.2) is 0 Å². The summed E-state index contributed by atoms with van der Waals surface area (Å²) < 4.78 is 1.01. The Bertz CT molecular complexity index is 708. The van der Waals surface area contributed by atoms with Gasteiger partial charge in [0.1, 0.15) is 5.75 Å². The quantitative estimate of drug-likeness (QED) is 0.695. The molecule has 21 heavy (non-hydrogen) atoms. The summed E-state index contributed by atoms with van der Waals surface area (Å²) in [5.41, 5.74) is 2.35. The lowest BCUT2D eigenvalue weighted by atomic mass is 9.95. The Labute approximate surface area is 138 Å². The van der Waals surface area contributed by atoms with Gasteiger partial charge in [-0.2, -0.15) is 0 Å². The van der Waals surface area contributed by atoms with Gasteiger partial charge in [-0.15, -0.1) is 11.6 Å². The van der Waals surface area contributed by atoms with E-state index in [4.69, 9.17) is 11.6 Å². The highest BCUT2D eigenvalue weighted by molar-refractivity contribution is 9.10. The van der Waals surface area contributed by atoms with Crippen molar-refractivity contribution in [3.05, 3.63) is 34.3 Å². The van der Waals surface area contributed by atoms with E-state index in [-0.39, 0.29) is 11.5 Å². The molecule has 4 heteroatoms. The zero-order chi connectivity index (χ0) is 15.4. The Balaban J connectivity index is 2.37. The van der Waals surface area contributed by atoms with Gasteiger partial charge in [0.15, 0.2) is 0 Å². The van der Waals surface area contributed by atoms with Crippen LogP contribution < -0.4 is 4.90 Å². The third-order valence-corrected chi connectivity index (χ3v) is 5.24. The van der Waals surface area contributed by atoms with Gasteiger partial charge in [0.25, 0.3) is 0 Å². The molecule has 0 saturated carbocycles. The van der Waals surface area contributed by atoms with Crippen molar-refractivity contribution >= 4 is 44.0 Å². The third kappa shape index (κ3) is 2.31. The summed E-state index contributed by atoms with van der Waals surface area (Å²) in [6.45, 7) is 7.46. The van der Waals surface area contributed by atoms with Crippen molar-refractivity contribution in [2.75, 3.05) is 17.3 Å². The average Bonchev–Trinajstić information content (AvgIpc) is 2.77. The van der Waals surface area contributed by atoms with Crippen molar-refractivity contribution < 1.29 is 5.11 Å². The van der Waals surface area contributed by atoms with Crippen LogP contribution in [0.3, 0.4) is 0 Å². The Kier molecular flexibility index (Phi) is 3.61. The predicted molar refractivity (Wildman–Crippen MR) is 93.9 cm³/mol. The Morgan fingerprint density at radius 3 is 2.71 bits per heavy atom. The zero-order valence-electron chi connectivity index (χ0n) is 12.5. The highest BCUT2D eigenvalue weighted by Gasteiger charge is 2.36. The second-order valence-corrected chi connectivity index (χ2v) is 7.79. The van der Waals surface area contributed by atoms with E-state index < -0.39 is 0 Å². The first-order valence-electron chi connectivity index (χ1n) is 7.12. The second kappa shape index (κ2) is 5.06. The number of anilines is 1. The van der Waals surface area contributed by atoms with Crippen molar-refractivity contribution in [2.24, 2.45) is 0 Å². The molecular formula is C17H19BrClNO. The number of rotatable bonds is 1. The second-order valence-electron chi connectivity index (χ2n) is 6.62. The predicted octanol–water partition coefficient (Wildman–Crippen LogP) is 5.25. The number of phenols is 1. The topological polar surface area (TPSA) is 23.5 Å². The van der Waals surface area contributed by atoms with Crippen molar-refractivity contribution in [3.63, 3.8) is 0 Å². The van der Waals surface area contributed by atoms with Crippen LogP contribution in [0.2, 0.25) is 0 Å². The van der Waals surface area contributed by atoms with E-state index in [1.165, 1.54) is 5.56 Å². The number of hydrogen-bond donors (Lipinski definition) is 1. The van der Waals surface area contributed by atoms with Crippen LogP contribution in [0.15, 0.2) is 28.7 Å². The molecule has 2 nitrogen and oxygen atoms in total. The van der Waals surface area contributed by atoms with Crippen molar-refractivity contribution in [1.29, 1.82) is 0 Å². The van der Waals surface area contributed by atoms with E-state index in [1.54, 1.807) is 0 Å². The number of nitrogens with zero attached hydrogens (tertiary/aromatic N) is 1. The molecule has 0 aliphatic carbocycles. The summed E-state index contributed by atoms with van der Waals surface area (Å²) in [6, 6.07) is 7.82. The fourth-order valence-corrected chi connectivity index (χ4v) is 4.06. The van der Waals surface area contributed by atoms with Gasteiger partial charge in [-0.1, -0.05) is 28.1 Å². The van der Waals surface area contributed by atoms with Gasteiger partial charge in [0.05, 0.1) is 0 Å². The fraction of sp³-hybridized carbons (Fsp3) is 0.412. The Hall–Kier alpha value is -0.930. The van der Waals surface area contributed by atoms with Crippen LogP contribution in [-0.4, -0.2) is 23.1 Å². The molecule has 0 unspecified atom stereocenters. The highest BCUT2D eigenvalue weighted by Crippen LogP contribution is 2.49. The van der Waals surface area contributed by atoms with Crippen LogP contribution >= 0.6 is 27.5 Å². The van der Waals surface area contributed by atoms with Gasteiger partial charge < -0.3 is 10.0 Å². The minimum Gasteiger partial charge on any atom is -0.507 e. The Morgan fingerprint density at radius 1 is 1.38 bits per heavy atom. The first kappa shape index (κ1) is 15.0. The molecule has 1 aliphatic rings. The number of phenolic OH excluding ortho intramolecular Hbond substituents is 1. The third-order valence-electron chi connectivity index (χ3n) is 4.21. The summed E-state index contributed by atoms with van der Waals surface area (Å²) in [4.78, 5) is 2.34. The smallest absolute Gasteiger partial charge is 0.125 e. The van der Waals surface area contributed by atoms with Crippen LogP contribution in [-0.2, 0) is 0 Å². The van der Waals surface area contributed by atoms with Crippen LogP contribution in [0.1, 0.15) is 32.3 Å². The molecule has 0 spiro atoms. The van der Waals surface area contributed by atoms with E-state index in [0.29, 0.717) is 11.6 Å². The summed E-state index contributed by atoms with van der Waals surface area (Å²) >= 11 is 9.88. The molecule has 0 radical (unpaired) electrons. The van der Waals surface area contributed by atoms with Crippen LogP contribution in [0.4, 0.5) is 5.69 Å². The molecule has 0 saturated heterocycles. The lowest BCUT2D eigenvalue weighted by Crippen LogP contribution is -2.40. The summed E-state index contributed by atoms with van der Waals surface area (Å²) in [6.07, 6.45) is 0. The standard InChI is InChI=1S/C17H19BrClNO/c1-17(2,3)20-9-10(8-19)15-13(20)7-14(21)11-5-4-6-12(18)16(11)15/h4-7,10,21H,8-9H2,1-3H3/t10-/m1/s1. The zero-order valence-corrected chi connectivity index (χ0v) is 14.8. The molecule has 2 aromatic rings. The number of alkyl halides is 1. The van der Waals surface area contributed by atoms with Crippen LogP contribution in [0.5, 0.6) is 5.75 Å². The summed E-state index contributed by atoms with van der Waals surface area (Å²) in [5.74, 6) is 1.19. The summed E-state index contributed by atoms with van der Waals surface area (Å²) in [5, 5.41) is 12.4. The normalized spacial score (nSPS) is 18.3. The van der Waals surface area contributed by atoms with E-state index >= 15 is 0 Å². The number of halogens is 2. The van der Waals surface area contributed by atoms with E-state index in [0.717, 1.165) is 27.5 Å². The SMILES string of the molecule is CC(C)(C)N1C[C@@H](CCl)c2c1cc(O)c1cccc(Br)c21. The van der Waals surface area contributed by atoms with Gasteiger partial charge >= 0.3 is 0 Å². The molecule has 0 fully saturated rings. The molecular weight excluding hydrogens is 350 g/mol. The lowest BCUT2D eigenvalue weighted by Gasteiger charge is -2.35. The minimum absolute atomic E-state index is 0.00304. The fourth-order valence-electron chi connectivity index (χ4n) is 3.23. The van der Waals surface area contributed by atoms with Crippen LogP contribution in [0, 0.1) is 0 Å². The number of hydrogen-bond acceptors (Lipinski definition) is 2. The maximum Gasteiger partial charge on any atom is 0.125 e. The molecule has 1 N–H and O–H groups in total. The monoisotopic (exact) mass is 367 g/mol. The highest BCUT2D eigenvalue weighted by atomic mass is 79.9. The van der Waals surface area contributed by atoms with E-state index in [2.05, 4.69) is 41.6 Å². The first-order chi connectivity index (χ1) is 9.84. The molecule has 3 rings (SSSR count). The first-order valence-corrected chi connectivity index (χ1v) is 8.45. The minimum atomic E-state index is -0.00304. The lowest BCUT2D eigenvalue weighted by molar-refractivity contribution is 0.479. The van der Waals surface area contributed by atoms with E-state index in [9.17, 15) is 5.11 Å². The average molecular weight is 369 g/mol. The largest absolute Gasteiger partial charge is 0.507 e. The molecule has 0 aromatic heterocycles. The van der Waals surface area contributed by atoms with Gasteiger partial charge in [-0.3, -0.25) is 0 Å². The molecule has 112 valence electrons. The van der Waals surface area contributed by atoms with Crippen molar-refractivity contribution in [2.45, 2.75) is 32.2 Å². The van der Waals surface area contributed by atoms with Gasteiger partial charge in [-0.05, 0) is 32.4 Å². The number of aromatic hydroxyl groups is 1. The molecule has 1 atom stereocenters. The van der Waals surface area contributed by atoms with Crippen LogP contribution in [0.25, 0.3) is 10.8 Å². The number of benzene rings is 2. The molecule has 1 heterocycles. The van der Waals surface area contributed by atoms with Gasteiger partial charge in [0.2, 0.25) is 0 Å². The summed E-state index contributed by atoms with van der Waals surface area (Å²) in [7, 11) is 0. The number of fused-ring (bicyclic) bond motifs is 3. The van der Waals surface area contributed by atoms with Crippen molar-refractivity contribution in [1.82, 2.24) is 0 Å². The maximum absolute atomic E-state index is 10.4. The van der Waals surface area contributed by atoms with E-state index in [1.807, 2.05) is 24.3 Å². The maximum atomic E-state index is 10.4. The molecule has 0 bridgehead atoms. The van der Waals surface area contributed by atoms with Gasteiger partial charge in [0, 0.05) is 50.9 Å². The molecule has 1 aliphatic heterocycles.